The van der Waals surface area contributed by atoms with Crippen LogP contribution in [0.15, 0.2) is 36.4 Å². The quantitative estimate of drug-likeness (QED) is 0.552. The number of hydrogen-bond acceptors (Lipinski definition) is 4. The first kappa shape index (κ1) is 14.3. The summed E-state index contributed by atoms with van der Waals surface area (Å²) in [6, 6.07) is 8.62. The maximum atomic E-state index is 10.9. The van der Waals surface area contributed by atoms with Gasteiger partial charge in [-0.2, -0.15) is 0 Å². The van der Waals surface area contributed by atoms with E-state index < -0.39 is 21.8 Å². The van der Waals surface area contributed by atoms with Crippen molar-refractivity contribution in [3.63, 3.8) is 0 Å². The highest BCUT2D eigenvalue weighted by Crippen LogP contribution is 2.41. The van der Waals surface area contributed by atoms with E-state index in [0.29, 0.717) is 5.56 Å². The Bertz CT molecular complexity index is 446. The predicted molar refractivity (Wildman–Crippen MR) is 64.0 cm³/mol. The first-order valence-corrected chi connectivity index (χ1v) is 7.18. The smallest absolute Gasteiger partial charge is 0.319 e. The SMILES string of the molecule is O=[PH](O)OC(O)(C=Cc1ccccc1)[PH](=O)O. The van der Waals surface area contributed by atoms with Crippen molar-refractivity contribution in [1.29, 1.82) is 0 Å². The Kier molecular flexibility index (Phi) is 5.28. The van der Waals surface area contributed by atoms with Crippen LogP contribution in [0.2, 0.25) is 0 Å². The highest BCUT2D eigenvalue weighted by molar-refractivity contribution is 7.41. The molecule has 0 aliphatic carbocycles. The predicted octanol–water partition coefficient (Wildman–Crippen LogP) is 1.21. The molecule has 1 aromatic carbocycles. The van der Waals surface area contributed by atoms with Crippen LogP contribution in [0.5, 0.6) is 0 Å². The Morgan fingerprint density at radius 2 is 1.76 bits per heavy atom. The van der Waals surface area contributed by atoms with Gasteiger partial charge in [-0.1, -0.05) is 36.4 Å². The third kappa shape index (κ3) is 4.56. The zero-order valence-corrected chi connectivity index (χ0v) is 10.6. The van der Waals surface area contributed by atoms with Crippen molar-refractivity contribution in [2.45, 2.75) is 5.53 Å². The van der Waals surface area contributed by atoms with Gasteiger partial charge < -0.3 is 14.9 Å². The van der Waals surface area contributed by atoms with Gasteiger partial charge in [0.1, 0.15) is 0 Å². The molecule has 1 rings (SSSR count). The summed E-state index contributed by atoms with van der Waals surface area (Å²) in [4.78, 5) is 17.4. The summed E-state index contributed by atoms with van der Waals surface area (Å²) in [6.07, 6.45) is 2.20. The van der Waals surface area contributed by atoms with Gasteiger partial charge in [-0.3, -0.25) is 13.7 Å². The Balaban J connectivity index is 2.91. The Hall–Kier alpha value is -0.740. The Morgan fingerprint density at radius 1 is 1.18 bits per heavy atom. The Labute approximate surface area is 99.0 Å². The van der Waals surface area contributed by atoms with E-state index in [9.17, 15) is 14.2 Å². The van der Waals surface area contributed by atoms with Crippen LogP contribution in [-0.4, -0.2) is 20.4 Å². The molecule has 94 valence electrons. The second kappa shape index (κ2) is 6.26. The molecule has 0 saturated carbocycles. The van der Waals surface area contributed by atoms with E-state index >= 15 is 0 Å². The minimum absolute atomic E-state index is 0.649. The lowest BCUT2D eigenvalue weighted by molar-refractivity contribution is -0.0259. The molecule has 0 saturated heterocycles. The van der Waals surface area contributed by atoms with Crippen molar-refractivity contribution >= 4 is 22.4 Å². The van der Waals surface area contributed by atoms with Crippen molar-refractivity contribution in [3.05, 3.63) is 42.0 Å². The molecule has 3 N–H and O–H groups in total. The van der Waals surface area contributed by atoms with Crippen molar-refractivity contribution in [2.75, 3.05) is 0 Å². The van der Waals surface area contributed by atoms with E-state index in [1.165, 1.54) is 6.08 Å². The van der Waals surface area contributed by atoms with Gasteiger partial charge in [-0.15, -0.1) is 0 Å². The first-order chi connectivity index (χ1) is 7.94. The third-order valence-corrected chi connectivity index (χ3v) is 3.42. The molecule has 0 radical (unpaired) electrons. The molecule has 3 atom stereocenters. The molecule has 0 bridgehead atoms. The number of rotatable bonds is 5. The van der Waals surface area contributed by atoms with Gasteiger partial charge in [0.05, 0.1) is 0 Å². The highest BCUT2D eigenvalue weighted by Gasteiger charge is 2.33. The standard InChI is InChI=1S/C9H12O6P2/c10-9(16(11)12,15-17(13)14)7-6-8-4-2-1-3-5-8/h1-7,10,16-17H,(H,11,12)(H,13,14). The minimum Gasteiger partial charge on any atom is -0.355 e. The van der Waals surface area contributed by atoms with Crippen LogP contribution in [-0.2, 0) is 13.7 Å². The summed E-state index contributed by atoms with van der Waals surface area (Å²) in [5.41, 5.74) is -1.97. The lowest BCUT2D eigenvalue weighted by Gasteiger charge is -2.19. The maximum Gasteiger partial charge on any atom is 0.319 e. The van der Waals surface area contributed by atoms with E-state index in [1.807, 2.05) is 0 Å². The van der Waals surface area contributed by atoms with Crippen molar-refractivity contribution in [1.82, 2.24) is 0 Å². The van der Waals surface area contributed by atoms with Gasteiger partial charge in [0, 0.05) is 0 Å². The summed E-state index contributed by atoms with van der Waals surface area (Å²) < 4.78 is 25.5. The molecule has 0 aliphatic heterocycles. The summed E-state index contributed by atoms with van der Waals surface area (Å²) >= 11 is 0. The molecule has 1 aromatic rings. The van der Waals surface area contributed by atoms with Crippen molar-refractivity contribution in [2.24, 2.45) is 0 Å². The van der Waals surface area contributed by atoms with Crippen molar-refractivity contribution in [3.8, 4) is 0 Å². The van der Waals surface area contributed by atoms with Crippen LogP contribution in [0.1, 0.15) is 5.56 Å². The zero-order chi connectivity index (χ0) is 12.9. The van der Waals surface area contributed by atoms with Crippen LogP contribution in [0.4, 0.5) is 0 Å². The number of aliphatic hydroxyl groups is 1. The molecule has 3 unspecified atom stereocenters. The molecule has 0 spiro atoms. The molecular formula is C9H12O6P2. The van der Waals surface area contributed by atoms with E-state index in [0.717, 1.165) is 6.08 Å². The third-order valence-electron chi connectivity index (χ3n) is 1.85. The van der Waals surface area contributed by atoms with Gasteiger partial charge in [-0.05, 0) is 11.6 Å². The molecule has 0 aromatic heterocycles. The van der Waals surface area contributed by atoms with Gasteiger partial charge in [-0.25, -0.2) is 0 Å². The van der Waals surface area contributed by atoms with Gasteiger partial charge in [0.15, 0.2) is 0 Å². The van der Waals surface area contributed by atoms with E-state index in [1.54, 1.807) is 30.3 Å². The molecule has 0 amide bonds. The Morgan fingerprint density at radius 3 is 2.24 bits per heavy atom. The maximum absolute atomic E-state index is 10.9. The molecular weight excluding hydrogens is 266 g/mol. The van der Waals surface area contributed by atoms with Crippen LogP contribution >= 0.6 is 16.3 Å². The van der Waals surface area contributed by atoms with Crippen molar-refractivity contribution < 1.29 is 28.5 Å². The van der Waals surface area contributed by atoms with E-state index in [2.05, 4.69) is 4.52 Å². The van der Waals surface area contributed by atoms with Gasteiger partial charge in [0.25, 0.3) is 13.6 Å². The summed E-state index contributed by atoms with van der Waals surface area (Å²) in [6.45, 7) is 0. The van der Waals surface area contributed by atoms with Crippen LogP contribution < -0.4 is 0 Å². The van der Waals surface area contributed by atoms with E-state index in [-0.39, 0.29) is 0 Å². The number of hydrogen-bond donors (Lipinski definition) is 3. The summed E-state index contributed by atoms with van der Waals surface area (Å²) in [5.74, 6) is 0. The van der Waals surface area contributed by atoms with E-state index in [4.69, 9.17) is 9.79 Å². The van der Waals surface area contributed by atoms with Crippen LogP contribution in [0.3, 0.4) is 0 Å². The fourth-order valence-corrected chi connectivity index (χ4v) is 2.23. The molecule has 0 heterocycles. The van der Waals surface area contributed by atoms with Gasteiger partial charge >= 0.3 is 8.25 Å². The molecule has 8 heteroatoms. The second-order valence-corrected chi connectivity index (χ2v) is 5.18. The number of benzene rings is 1. The molecule has 0 fully saturated rings. The highest BCUT2D eigenvalue weighted by atomic mass is 31.1. The molecule has 0 aliphatic rings. The van der Waals surface area contributed by atoms with Crippen LogP contribution in [0, 0.1) is 0 Å². The second-order valence-electron chi connectivity index (χ2n) is 3.11. The van der Waals surface area contributed by atoms with Crippen LogP contribution in [0.25, 0.3) is 6.08 Å². The zero-order valence-electron chi connectivity index (χ0n) is 8.61. The largest absolute Gasteiger partial charge is 0.355 e. The summed E-state index contributed by atoms with van der Waals surface area (Å²) in [7, 11) is -7.10. The van der Waals surface area contributed by atoms with Gasteiger partial charge in [0.2, 0.25) is 0 Å². The minimum atomic E-state index is -3.57. The summed E-state index contributed by atoms with van der Waals surface area (Å²) in [5, 5.41) is 9.56. The normalized spacial score (nSPS) is 18.8. The molecule has 6 nitrogen and oxygen atoms in total. The molecule has 17 heavy (non-hydrogen) atoms. The first-order valence-electron chi connectivity index (χ1n) is 4.56. The average Bonchev–Trinajstić information content (AvgIpc) is 2.27. The monoisotopic (exact) mass is 278 g/mol. The lowest BCUT2D eigenvalue weighted by atomic mass is 10.2. The topological polar surface area (TPSA) is 104 Å². The lowest BCUT2D eigenvalue weighted by Crippen LogP contribution is -2.21. The fraction of sp³-hybridized carbons (Fsp3) is 0.111. The average molecular weight is 278 g/mol. The fourth-order valence-electron chi connectivity index (χ4n) is 1.06.